The molecule has 1 amide bonds. The number of likely N-dealkylation sites (N-methyl/N-ethyl adjacent to an activating group) is 1. The molecule has 0 aliphatic heterocycles. The third-order valence-corrected chi connectivity index (χ3v) is 2.54. The smallest absolute Gasteiger partial charge is 0.410 e. The van der Waals surface area contributed by atoms with Gasteiger partial charge in [0.1, 0.15) is 18.0 Å². The molecule has 1 aromatic carbocycles. The highest BCUT2D eigenvalue weighted by Crippen LogP contribution is 2.22. The van der Waals surface area contributed by atoms with Gasteiger partial charge in [-0.15, -0.1) is 0 Å². The highest BCUT2D eigenvalue weighted by Gasteiger charge is 2.19. The average molecular weight is 286 g/mol. The summed E-state index contributed by atoms with van der Waals surface area (Å²) >= 11 is 5.96. The summed E-state index contributed by atoms with van der Waals surface area (Å²) in [7, 11) is 1.67. The van der Waals surface area contributed by atoms with E-state index in [1.807, 2.05) is 32.9 Å². The van der Waals surface area contributed by atoms with Crippen molar-refractivity contribution in [2.75, 3.05) is 20.2 Å². The van der Waals surface area contributed by atoms with Crippen LogP contribution < -0.4 is 4.74 Å². The number of hydrogen-bond donors (Lipinski definition) is 0. The standard InChI is InChI=1S/C14H20ClNO3/c1-14(2,3)19-13(17)16(4)9-10-18-12-8-6-5-7-11(12)15/h5-8H,9-10H2,1-4H3. The van der Waals surface area contributed by atoms with Crippen molar-refractivity contribution in [2.24, 2.45) is 0 Å². The van der Waals surface area contributed by atoms with Crippen molar-refractivity contribution in [1.82, 2.24) is 4.90 Å². The van der Waals surface area contributed by atoms with E-state index in [0.717, 1.165) is 0 Å². The van der Waals surface area contributed by atoms with E-state index in [2.05, 4.69) is 0 Å². The summed E-state index contributed by atoms with van der Waals surface area (Å²) in [6, 6.07) is 7.23. The van der Waals surface area contributed by atoms with Gasteiger partial charge in [-0.05, 0) is 32.9 Å². The lowest BCUT2D eigenvalue weighted by atomic mass is 10.2. The van der Waals surface area contributed by atoms with Crippen molar-refractivity contribution in [3.8, 4) is 5.75 Å². The van der Waals surface area contributed by atoms with E-state index in [1.54, 1.807) is 19.2 Å². The summed E-state index contributed by atoms with van der Waals surface area (Å²) in [5.74, 6) is 0.613. The Morgan fingerprint density at radius 2 is 1.95 bits per heavy atom. The minimum atomic E-state index is -0.491. The summed E-state index contributed by atoms with van der Waals surface area (Å²) < 4.78 is 10.7. The molecule has 0 heterocycles. The number of ether oxygens (including phenoxy) is 2. The number of rotatable bonds is 4. The van der Waals surface area contributed by atoms with Gasteiger partial charge in [-0.25, -0.2) is 4.79 Å². The number of carbonyl (C=O) groups excluding carboxylic acids is 1. The van der Waals surface area contributed by atoms with Crippen molar-refractivity contribution in [3.05, 3.63) is 29.3 Å². The van der Waals surface area contributed by atoms with Crippen molar-refractivity contribution in [2.45, 2.75) is 26.4 Å². The lowest BCUT2D eigenvalue weighted by Gasteiger charge is -2.24. The van der Waals surface area contributed by atoms with E-state index < -0.39 is 5.60 Å². The molecule has 0 N–H and O–H groups in total. The molecule has 0 aromatic heterocycles. The predicted molar refractivity (Wildman–Crippen MR) is 75.8 cm³/mol. The Morgan fingerprint density at radius 1 is 1.32 bits per heavy atom. The van der Waals surface area contributed by atoms with Gasteiger partial charge in [0.2, 0.25) is 0 Å². The van der Waals surface area contributed by atoms with Crippen LogP contribution in [0.3, 0.4) is 0 Å². The third kappa shape index (κ3) is 5.83. The second kappa shape index (κ2) is 6.66. The van der Waals surface area contributed by atoms with Crippen LogP contribution in [0.1, 0.15) is 20.8 Å². The number of benzene rings is 1. The van der Waals surface area contributed by atoms with Gasteiger partial charge in [-0.2, -0.15) is 0 Å². The molecule has 0 saturated carbocycles. The van der Waals surface area contributed by atoms with Crippen LogP contribution in [0.2, 0.25) is 5.02 Å². The largest absolute Gasteiger partial charge is 0.490 e. The molecule has 1 aromatic rings. The SMILES string of the molecule is CN(CCOc1ccccc1Cl)C(=O)OC(C)(C)C. The molecule has 0 spiro atoms. The molecule has 0 atom stereocenters. The van der Waals surface area contributed by atoms with Crippen molar-refractivity contribution in [3.63, 3.8) is 0 Å². The summed E-state index contributed by atoms with van der Waals surface area (Å²) in [6.07, 6.45) is -0.366. The second-order valence-electron chi connectivity index (χ2n) is 5.18. The zero-order chi connectivity index (χ0) is 14.5. The van der Waals surface area contributed by atoms with Gasteiger partial charge in [0.25, 0.3) is 0 Å². The van der Waals surface area contributed by atoms with Crippen LogP contribution in [0.25, 0.3) is 0 Å². The quantitative estimate of drug-likeness (QED) is 0.849. The molecule has 0 aliphatic rings. The number of carbonyl (C=O) groups is 1. The molecule has 0 bridgehead atoms. The van der Waals surface area contributed by atoms with Gasteiger partial charge in [-0.3, -0.25) is 0 Å². The number of hydrogen-bond acceptors (Lipinski definition) is 3. The Hall–Kier alpha value is -1.42. The first-order valence-corrected chi connectivity index (χ1v) is 6.49. The van der Waals surface area contributed by atoms with Crippen LogP contribution in [-0.2, 0) is 4.74 Å². The van der Waals surface area contributed by atoms with Gasteiger partial charge in [0.05, 0.1) is 11.6 Å². The van der Waals surface area contributed by atoms with E-state index >= 15 is 0 Å². The molecule has 106 valence electrons. The topological polar surface area (TPSA) is 38.8 Å². The molecule has 1 rings (SSSR count). The molecular formula is C14H20ClNO3. The zero-order valence-electron chi connectivity index (χ0n) is 11.8. The van der Waals surface area contributed by atoms with Gasteiger partial charge < -0.3 is 14.4 Å². The molecule has 4 nitrogen and oxygen atoms in total. The predicted octanol–water partition coefficient (Wildman–Crippen LogP) is 3.59. The van der Waals surface area contributed by atoms with E-state index in [4.69, 9.17) is 21.1 Å². The maximum absolute atomic E-state index is 11.7. The van der Waals surface area contributed by atoms with Crippen LogP contribution >= 0.6 is 11.6 Å². The lowest BCUT2D eigenvalue weighted by Crippen LogP contribution is -2.36. The maximum Gasteiger partial charge on any atom is 0.410 e. The Bertz CT molecular complexity index is 429. The summed E-state index contributed by atoms with van der Waals surface area (Å²) in [4.78, 5) is 13.2. The van der Waals surface area contributed by atoms with Crippen LogP contribution in [0, 0.1) is 0 Å². The Balaban J connectivity index is 2.37. The number of nitrogens with zero attached hydrogens (tertiary/aromatic N) is 1. The van der Waals surface area contributed by atoms with Crippen molar-refractivity contribution < 1.29 is 14.3 Å². The summed E-state index contributed by atoms with van der Waals surface area (Å²) in [6.45, 7) is 6.29. The Morgan fingerprint density at radius 3 is 2.53 bits per heavy atom. The highest BCUT2D eigenvalue weighted by molar-refractivity contribution is 6.32. The first-order valence-electron chi connectivity index (χ1n) is 6.11. The minimum Gasteiger partial charge on any atom is -0.490 e. The zero-order valence-corrected chi connectivity index (χ0v) is 12.5. The molecule has 0 fully saturated rings. The first-order chi connectivity index (χ1) is 8.79. The first kappa shape index (κ1) is 15.6. The van der Waals surface area contributed by atoms with Crippen LogP contribution in [0.5, 0.6) is 5.75 Å². The fourth-order valence-corrected chi connectivity index (χ4v) is 1.48. The Labute approximate surface area is 119 Å². The van der Waals surface area contributed by atoms with E-state index in [1.165, 1.54) is 4.90 Å². The monoisotopic (exact) mass is 285 g/mol. The second-order valence-corrected chi connectivity index (χ2v) is 5.59. The van der Waals surface area contributed by atoms with Gasteiger partial charge >= 0.3 is 6.09 Å². The number of halogens is 1. The summed E-state index contributed by atoms with van der Waals surface area (Å²) in [5, 5.41) is 0.558. The van der Waals surface area contributed by atoms with Gasteiger partial charge in [0.15, 0.2) is 0 Å². The van der Waals surface area contributed by atoms with Crippen LogP contribution in [0.15, 0.2) is 24.3 Å². The number of amides is 1. The maximum atomic E-state index is 11.7. The van der Waals surface area contributed by atoms with E-state index in [9.17, 15) is 4.79 Å². The van der Waals surface area contributed by atoms with E-state index in [0.29, 0.717) is 23.9 Å². The number of para-hydroxylation sites is 1. The fourth-order valence-electron chi connectivity index (χ4n) is 1.29. The van der Waals surface area contributed by atoms with E-state index in [-0.39, 0.29) is 6.09 Å². The van der Waals surface area contributed by atoms with Crippen molar-refractivity contribution in [1.29, 1.82) is 0 Å². The average Bonchev–Trinajstić information content (AvgIpc) is 2.29. The third-order valence-electron chi connectivity index (χ3n) is 2.23. The summed E-state index contributed by atoms with van der Waals surface area (Å²) in [5.41, 5.74) is -0.491. The molecule has 5 heteroatoms. The molecule has 0 radical (unpaired) electrons. The van der Waals surface area contributed by atoms with Crippen LogP contribution in [-0.4, -0.2) is 36.8 Å². The van der Waals surface area contributed by atoms with Crippen molar-refractivity contribution >= 4 is 17.7 Å². The Kier molecular flexibility index (Phi) is 5.48. The lowest BCUT2D eigenvalue weighted by molar-refractivity contribution is 0.0278. The molecule has 0 saturated heterocycles. The molecule has 0 aliphatic carbocycles. The minimum absolute atomic E-state index is 0.361. The normalized spacial score (nSPS) is 11.0. The fraction of sp³-hybridized carbons (Fsp3) is 0.500. The van der Waals surface area contributed by atoms with Gasteiger partial charge in [-0.1, -0.05) is 23.7 Å². The highest BCUT2D eigenvalue weighted by atomic mass is 35.5. The van der Waals surface area contributed by atoms with Crippen LogP contribution in [0.4, 0.5) is 4.79 Å². The molecule has 0 unspecified atom stereocenters. The molecule has 19 heavy (non-hydrogen) atoms. The molecular weight excluding hydrogens is 266 g/mol. The van der Waals surface area contributed by atoms with Gasteiger partial charge in [0, 0.05) is 7.05 Å².